The SMILES string of the molecule is COc1ccc(CN(C)[C@H](C)C(=O)Nc2ccc(F)cc2)c(OC)c1. The van der Waals surface area contributed by atoms with E-state index >= 15 is 0 Å². The van der Waals surface area contributed by atoms with Gasteiger partial charge in [0.15, 0.2) is 0 Å². The van der Waals surface area contributed by atoms with Gasteiger partial charge in [-0.25, -0.2) is 4.39 Å². The molecule has 6 heteroatoms. The van der Waals surface area contributed by atoms with Crippen LogP contribution in [0.1, 0.15) is 12.5 Å². The number of ether oxygens (including phenoxy) is 2. The number of methoxy groups -OCH3 is 2. The molecule has 0 radical (unpaired) electrons. The highest BCUT2D eigenvalue weighted by atomic mass is 19.1. The maximum atomic E-state index is 12.9. The standard InChI is InChI=1S/C19H23FN2O3/c1-13(19(23)21-16-8-6-15(20)7-9-16)22(2)12-14-5-10-17(24-3)11-18(14)25-4/h5-11,13H,12H2,1-4H3,(H,21,23)/t13-/m1/s1. The lowest BCUT2D eigenvalue weighted by molar-refractivity contribution is -0.120. The van der Waals surface area contributed by atoms with Crippen LogP contribution in [0.2, 0.25) is 0 Å². The minimum atomic E-state index is -0.378. The summed E-state index contributed by atoms with van der Waals surface area (Å²) in [5, 5.41) is 2.78. The molecule has 1 N–H and O–H groups in total. The summed E-state index contributed by atoms with van der Waals surface area (Å²) in [6.07, 6.45) is 0. The van der Waals surface area contributed by atoms with E-state index in [9.17, 15) is 9.18 Å². The van der Waals surface area contributed by atoms with Gasteiger partial charge in [-0.15, -0.1) is 0 Å². The van der Waals surface area contributed by atoms with Crippen LogP contribution in [0.5, 0.6) is 11.5 Å². The van der Waals surface area contributed by atoms with Crippen molar-refractivity contribution in [1.82, 2.24) is 4.90 Å². The molecule has 1 amide bonds. The van der Waals surface area contributed by atoms with Crippen molar-refractivity contribution in [2.45, 2.75) is 19.5 Å². The van der Waals surface area contributed by atoms with Crippen LogP contribution >= 0.6 is 0 Å². The second-order valence-electron chi connectivity index (χ2n) is 5.77. The molecule has 0 aliphatic rings. The van der Waals surface area contributed by atoms with E-state index in [4.69, 9.17) is 9.47 Å². The van der Waals surface area contributed by atoms with E-state index in [1.807, 2.05) is 37.1 Å². The lowest BCUT2D eigenvalue weighted by atomic mass is 10.1. The number of rotatable bonds is 7. The van der Waals surface area contributed by atoms with Crippen molar-refractivity contribution in [2.24, 2.45) is 0 Å². The van der Waals surface area contributed by atoms with Gasteiger partial charge in [0, 0.05) is 23.9 Å². The van der Waals surface area contributed by atoms with Crippen LogP contribution in [-0.4, -0.2) is 38.1 Å². The van der Waals surface area contributed by atoms with E-state index < -0.39 is 0 Å². The van der Waals surface area contributed by atoms with Crippen molar-refractivity contribution in [3.63, 3.8) is 0 Å². The van der Waals surface area contributed by atoms with Gasteiger partial charge in [-0.1, -0.05) is 6.07 Å². The zero-order valence-electron chi connectivity index (χ0n) is 14.9. The maximum Gasteiger partial charge on any atom is 0.241 e. The summed E-state index contributed by atoms with van der Waals surface area (Å²) in [5.74, 6) is 0.916. The normalized spacial score (nSPS) is 11.9. The summed E-state index contributed by atoms with van der Waals surface area (Å²) in [4.78, 5) is 14.3. The number of likely N-dealkylation sites (N-methyl/N-ethyl adjacent to an activating group) is 1. The highest BCUT2D eigenvalue weighted by Crippen LogP contribution is 2.26. The van der Waals surface area contributed by atoms with Crippen molar-refractivity contribution in [3.8, 4) is 11.5 Å². The van der Waals surface area contributed by atoms with Crippen LogP contribution in [0.25, 0.3) is 0 Å². The van der Waals surface area contributed by atoms with E-state index in [-0.39, 0.29) is 17.8 Å². The monoisotopic (exact) mass is 346 g/mol. The first kappa shape index (κ1) is 18.7. The van der Waals surface area contributed by atoms with E-state index in [1.54, 1.807) is 14.2 Å². The molecule has 0 aromatic heterocycles. The predicted octanol–water partition coefficient (Wildman–Crippen LogP) is 3.30. The van der Waals surface area contributed by atoms with Gasteiger partial charge in [-0.05, 0) is 44.3 Å². The molecule has 2 rings (SSSR count). The zero-order valence-corrected chi connectivity index (χ0v) is 14.9. The average Bonchev–Trinajstić information content (AvgIpc) is 2.63. The average molecular weight is 346 g/mol. The van der Waals surface area contributed by atoms with Gasteiger partial charge in [-0.2, -0.15) is 0 Å². The molecule has 0 fully saturated rings. The molecule has 0 heterocycles. The minimum absolute atomic E-state index is 0.165. The highest BCUT2D eigenvalue weighted by molar-refractivity contribution is 5.94. The fourth-order valence-corrected chi connectivity index (χ4v) is 2.37. The molecule has 0 saturated heterocycles. The summed E-state index contributed by atoms with van der Waals surface area (Å²) in [6.45, 7) is 2.35. The summed E-state index contributed by atoms with van der Waals surface area (Å²) in [7, 11) is 5.06. The van der Waals surface area contributed by atoms with Crippen LogP contribution in [0.15, 0.2) is 42.5 Å². The number of hydrogen-bond acceptors (Lipinski definition) is 4. The summed E-state index contributed by atoms with van der Waals surface area (Å²) in [5.41, 5.74) is 1.51. The minimum Gasteiger partial charge on any atom is -0.497 e. The van der Waals surface area contributed by atoms with Gasteiger partial charge < -0.3 is 14.8 Å². The van der Waals surface area contributed by atoms with Gasteiger partial charge in [0.05, 0.1) is 20.3 Å². The second-order valence-corrected chi connectivity index (χ2v) is 5.77. The Hall–Kier alpha value is -2.60. The fraction of sp³-hybridized carbons (Fsp3) is 0.316. The number of amides is 1. The third-order valence-electron chi connectivity index (χ3n) is 4.07. The van der Waals surface area contributed by atoms with E-state index in [1.165, 1.54) is 24.3 Å². The lowest BCUT2D eigenvalue weighted by Crippen LogP contribution is -2.39. The van der Waals surface area contributed by atoms with Crippen molar-refractivity contribution >= 4 is 11.6 Å². The number of halogens is 1. The third-order valence-corrected chi connectivity index (χ3v) is 4.07. The Morgan fingerprint density at radius 3 is 2.44 bits per heavy atom. The van der Waals surface area contributed by atoms with E-state index in [0.717, 1.165) is 5.56 Å². The molecule has 1 atom stereocenters. The number of nitrogens with zero attached hydrogens (tertiary/aromatic N) is 1. The van der Waals surface area contributed by atoms with E-state index in [0.29, 0.717) is 23.7 Å². The number of anilines is 1. The van der Waals surface area contributed by atoms with E-state index in [2.05, 4.69) is 5.32 Å². The molecule has 25 heavy (non-hydrogen) atoms. The molecule has 0 spiro atoms. The number of carbonyl (C=O) groups is 1. The number of benzene rings is 2. The first-order valence-corrected chi connectivity index (χ1v) is 7.92. The molecular weight excluding hydrogens is 323 g/mol. The molecule has 0 saturated carbocycles. The van der Waals surface area contributed by atoms with Crippen LogP contribution < -0.4 is 14.8 Å². The zero-order chi connectivity index (χ0) is 18.4. The second kappa shape index (κ2) is 8.48. The van der Waals surface area contributed by atoms with Crippen LogP contribution in [0.4, 0.5) is 10.1 Å². The van der Waals surface area contributed by atoms with Gasteiger partial charge in [0.2, 0.25) is 5.91 Å². The van der Waals surface area contributed by atoms with Crippen molar-refractivity contribution in [1.29, 1.82) is 0 Å². The van der Waals surface area contributed by atoms with Gasteiger partial charge in [0.25, 0.3) is 0 Å². The summed E-state index contributed by atoms with van der Waals surface area (Å²) in [6, 6.07) is 10.9. The Bertz CT molecular complexity index is 719. The summed E-state index contributed by atoms with van der Waals surface area (Å²) < 4.78 is 23.5. The third kappa shape index (κ3) is 4.93. The molecular formula is C19H23FN2O3. The molecule has 0 aliphatic heterocycles. The molecule has 0 unspecified atom stereocenters. The predicted molar refractivity (Wildman–Crippen MR) is 95.5 cm³/mol. The first-order chi connectivity index (χ1) is 11.9. The van der Waals surface area contributed by atoms with Crippen LogP contribution in [-0.2, 0) is 11.3 Å². The van der Waals surface area contributed by atoms with Gasteiger partial charge in [-0.3, -0.25) is 9.69 Å². The molecule has 134 valence electrons. The topological polar surface area (TPSA) is 50.8 Å². The molecule has 0 aliphatic carbocycles. The van der Waals surface area contributed by atoms with Gasteiger partial charge in [0.1, 0.15) is 17.3 Å². The summed E-state index contributed by atoms with van der Waals surface area (Å²) >= 11 is 0. The lowest BCUT2D eigenvalue weighted by Gasteiger charge is -2.25. The van der Waals surface area contributed by atoms with Crippen molar-refractivity contribution in [2.75, 3.05) is 26.6 Å². The molecule has 2 aromatic rings. The maximum absolute atomic E-state index is 12.9. The Kier molecular flexibility index (Phi) is 6.36. The molecule has 0 bridgehead atoms. The first-order valence-electron chi connectivity index (χ1n) is 7.92. The Morgan fingerprint density at radius 1 is 1.16 bits per heavy atom. The Balaban J connectivity index is 2.03. The van der Waals surface area contributed by atoms with Crippen molar-refractivity contribution in [3.05, 3.63) is 53.8 Å². The van der Waals surface area contributed by atoms with Crippen molar-refractivity contribution < 1.29 is 18.7 Å². The highest BCUT2D eigenvalue weighted by Gasteiger charge is 2.19. The Labute approximate surface area is 147 Å². The Morgan fingerprint density at radius 2 is 1.84 bits per heavy atom. The molecule has 5 nitrogen and oxygen atoms in total. The van der Waals surface area contributed by atoms with Crippen LogP contribution in [0, 0.1) is 5.82 Å². The fourth-order valence-electron chi connectivity index (χ4n) is 2.37. The quantitative estimate of drug-likeness (QED) is 0.836. The number of nitrogens with one attached hydrogen (secondary N) is 1. The smallest absolute Gasteiger partial charge is 0.241 e. The van der Waals surface area contributed by atoms with Gasteiger partial charge >= 0.3 is 0 Å². The number of carbonyl (C=O) groups excluding carboxylic acids is 1. The largest absolute Gasteiger partial charge is 0.497 e. The number of hydrogen-bond donors (Lipinski definition) is 1. The van der Waals surface area contributed by atoms with Crippen LogP contribution in [0.3, 0.4) is 0 Å². The molecule has 2 aromatic carbocycles.